The minimum atomic E-state index is -3.78. The molecule has 0 aliphatic rings. The van der Waals surface area contributed by atoms with Crippen molar-refractivity contribution >= 4 is 43.6 Å². The molecule has 0 atom stereocenters. The number of nitrogens with zero attached hydrogens (tertiary/aromatic N) is 1. The van der Waals surface area contributed by atoms with E-state index in [1.54, 1.807) is 32.9 Å². The number of sulfonamides is 1. The van der Waals surface area contributed by atoms with Crippen molar-refractivity contribution in [1.82, 2.24) is 15.0 Å². The highest BCUT2D eigenvalue weighted by molar-refractivity contribution is 9.10. The summed E-state index contributed by atoms with van der Waals surface area (Å²) in [4.78, 5) is 15.1. The van der Waals surface area contributed by atoms with E-state index >= 15 is 0 Å². The van der Waals surface area contributed by atoms with Crippen LogP contribution in [0.5, 0.6) is 0 Å². The van der Waals surface area contributed by atoms with Gasteiger partial charge in [0, 0.05) is 23.8 Å². The van der Waals surface area contributed by atoms with Gasteiger partial charge in [-0.2, -0.15) is 0 Å². The first-order chi connectivity index (χ1) is 11.0. The zero-order valence-electron chi connectivity index (χ0n) is 13.5. The van der Waals surface area contributed by atoms with E-state index in [2.05, 4.69) is 31.0 Å². The Morgan fingerprint density at radius 2 is 2.00 bits per heavy atom. The molecule has 0 saturated heterocycles. The number of hydrogen-bond acceptors (Lipinski definition) is 5. The Balaban J connectivity index is 2.46. The molecule has 1 aromatic rings. The minimum Gasteiger partial charge on any atom is -0.444 e. The highest BCUT2D eigenvalue weighted by Gasteiger charge is 2.18. The van der Waals surface area contributed by atoms with Crippen LogP contribution in [0.4, 0.5) is 4.79 Å². The Labute approximate surface area is 155 Å². The van der Waals surface area contributed by atoms with E-state index < -0.39 is 21.7 Å². The van der Waals surface area contributed by atoms with Crippen LogP contribution in [0.1, 0.15) is 20.8 Å². The molecule has 24 heavy (non-hydrogen) atoms. The minimum absolute atomic E-state index is 0.0428. The topological polar surface area (TPSA) is 97.4 Å². The molecule has 0 spiro atoms. The van der Waals surface area contributed by atoms with Gasteiger partial charge in [0.25, 0.3) is 0 Å². The van der Waals surface area contributed by atoms with Gasteiger partial charge in [0.2, 0.25) is 10.0 Å². The number of aromatic nitrogens is 1. The monoisotopic (exact) mass is 439 g/mol. The largest absolute Gasteiger partial charge is 0.444 e. The summed E-state index contributed by atoms with van der Waals surface area (Å²) in [6, 6.07) is 1.37. The number of carbonyl (C=O) groups is 1. The maximum atomic E-state index is 12.1. The first kappa shape index (κ1) is 20.9. The van der Waals surface area contributed by atoms with Crippen LogP contribution < -0.4 is 10.0 Å². The number of rotatable bonds is 6. The highest BCUT2D eigenvalue weighted by atomic mass is 79.9. The van der Waals surface area contributed by atoms with Crippen molar-refractivity contribution < 1.29 is 17.9 Å². The predicted molar refractivity (Wildman–Crippen MR) is 95.5 cm³/mol. The Kier molecular flexibility index (Phi) is 7.65. The standard InChI is InChI=1S/C14H19BrClN3O4S/c1-14(2,3)23-13(20)17-6-4-5-7-19-24(21,22)11-8-10(15)9-18-12(11)16/h4-5,8-9,19H,6-7H2,1-3H3,(H,17,20)/b5-4+. The van der Waals surface area contributed by atoms with E-state index in [-0.39, 0.29) is 23.1 Å². The van der Waals surface area contributed by atoms with Gasteiger partial charge in [0.15, 0.2) is 0 Å². The second kappa shape index (κ2) is 8.80. The molecule has 1 heterocycles. The third-order valence-corrected chi connectivity index (χ3v) is 4.67. The van der Waals surface area contributed by atoms with Crippen LogP contribution >= 0.6 is 27.5 Å². The Hall–Kier alpha value is -1.16. The molecule has 0 bridgehead atoms. The molecule has 10 heteroatoms. The van der Waals surface area contributed by atoms with Crippen molar-refractivity contribution in [2.45, 2.75) is 31.3 Å². The van der Waals surface area contributed by atoms with Crippen molar-refractivity contribution in [3.63, 3.8) is 0 Å². The first-order valence-corrected chi connectivity index (χ1v) is 9.59. The maximum Gasteiger partial charge on any atom is 0.407 e. The van der Waals surface area contributed by atoms with Crippen LogP contribution in [-0.2, 0) is 14.8 Å². The van der Waals surface area contributed by atoms with Crippen molar-refractivity contribution in [3.05, 3.63) is 34.0 Å². The van der Waals surface area contributed by atoms with Crippen molar-refractivity contribution in [2.75, 3.05) is 13.1 Å². The fraction of sp³-hybridized carbons (Fsp3) is 0.429. The summed E-state index contributed by atoms with van der Waals surface area (Å²) >= 11 is 8.95. The van der Waals surface area contributed by atoms with Crippen molar-refractivity contribution in [2.24, 2.45) is 0 Å². The summed E-state index contributed by atoms with van der Waals surface area (Å²) in [5.74, 6) is 0. The SMILES string of the molecule is CC(C)(C)OC(=O)NC/C=C/CNS(=O)(=O)c1cc(Br)cnc1Cl. The van der Waals surface area contributed by atoms with E-state index in [4.69, 9.17) is 16.3 Å². The van der Waals surface area contributed by atoms with Crippen molar-refractivity contribution in [1.29, 1.82) is 0 Å². The Bertz CT molecular complexity index is 717. The highest BCUT2D eigenvalue weighted by Crippen LogP contribution is 2.22. The van der Waals surface area contributed by atoms with Crippen LogP contribution in [0, 0.1) is 0 Å². The zero-order chi connectivity index (χ0) is 18.4. The quantitative estimate of drug-likeness (QED) is 0.523. The lowest BCUT2D eigenvalue weighted by atomic mass is 10.2. The molecule has 0 aromatic carbocycles. The van der Waals surface area contributed by atoms with Gasteiger partial charge in [-0.05, 0) is 42.8 Å². The average Bonchev–Trinajstić information content (AvgIpc) is 2.43. The van der Waals surface area contributed by atoms with Crippen molar-refractivity contribution in [3.8, 4) is 0 Å². The average molecular weight is 441 g/mol. The second-order valence-electron chi connectivity index (χ2n) is 5.65. The number of ether oxygens (including phenoxy) is 1. The van der Waals surface area contributed by atoms with Crippen LogP contribution in [0.25, 0.3) is 0 Å². The lowest BCUT2D eigenvalue weighted by molar-refractivity contribution is 0.0534. The molecular formula is C14H19BrClN3O4S. The third kappa shape index (κ3) is 7.61. The molecule has 0 radical (unpaired) electrons. The summed E-state index contributed by atoms with van der Waals surface area (Å²) in [5, 5.41) is 2.41. The third-order valence-electron chi connectivity index (χ3n) is 2.38. The van der Waals surface area contributed by atoms with E-state index in [1.807, 2.05) is 0 Å². The molecule has 0 aliphatic carbocycles. The molecule has 1 amide bonds. The van der Waals surface area contributed by atoms with E-state index in [9.17, 15) is 13.2 Å². The molecule has 2 N–H and O–H groups in total. The fourth-order valence-electron chi connectivity index (χ4n) is 1.45. The van der Waals surface area contributed by atoms with Crippen LogP contribution in [-0.4, -0.2) is 38.2 Å². The first-order valence-electron chi connectivity index (χ1n) is 6.94. The zero-order valence-corrected chi connectivity index (χ0v) is 16.6. The van der Waals surface area contributed by atoms with Gasteiger partial charge in [-0.3, -0.25) is 0 Å². The number of amides is 1. The summed E-state index contributed by atoms with van der Waals surface area (Å²) in [5.41, 5.74) is -0.569. The number of halogens is 2. The number of nitrogens with one attached hydrogen (secondary N) is 2. The fourth-order valence-corrected chi connectivity index (χ4v) is 3.37. The van der Waals surface area contributed by atoms with Gasteiger partial charge in [-0.15, -0.1) is 0 Å². The normalized spacial score (nSPS) is 12.4. The van der Waals surface area contributed by atoms with Gasteiger partial charge in [-0.1, -0.05) is 23.8 Å². The summed E-state index contributed by atoms with van der Waals surface area (Å²) in [7, 11) is -3.78. The Morgan fingerprint density at radius 3 is 2.62 bits per heavy atom. The maximum absolute atomic E-state index is 12.1. The number of alkyl carbamates (subject to hydrolysis) is 1. The number of carbonyl (C=O) groups excluding carboxylic acids is 1. The summed E-state index contributed by atoms with van der Waals surface area (Å²) in [6.45, 7) is 5.55. The molecule has 1 aromatic heterocycles. The lowest BCUT2D eigenvalue weighted by Gasteiger charge is -2.19. The molecule has 0 fully saturated rings. The molecule has 0 saturated carbocycles. The smallest absolute Gasteiger partial charge is 0.407 e. The summed E-state index contributed by atoms with van der Waals surface area (Å²) in [6.07, 6.45) is 4.03. The molecule has 0 aliphatic heterocycles. The number of hydrogen-bond donors (Lipinski definition) is 2. The lowest BCUT2D eigenvalue weighted by Crippen LogP contribution is -2.32. The van der Waals surface area contributed by atoms with Crippen LogP contribution in [0.2, 0.25) is 5.15 Å². The van der Waals surface area contributed by atoms with E-state index in [1.165, 1.54) is 12.3 Å². The molecule has 134 valence electrons. The van der Waals surface area contributed by atoms with Crippen LogP contribution in [0.3, 0.4) is 0 Å². The van der Waals surface area contributed by atoms with Gasteiger partial charge in [-0.25, -0.2) is 22.9 Å². The number of pyridine rings is 1. The summed E-state index contributed by atoms with van der Waals surface area (Å²) < 4.78 is 32.2. The van der Waals surface area contributed by atoms with Gasteiger partial charge in [0.1, 0.15) is 15.6 Å². The van der Waals surface area contributed by atoms with E-state index in [0.717, 1.165) is 0 Å². The second-order valence-corrected chi connectivity index (χ2v) is 8.66. The molecule has 1 rings (SSSR count). The van der Waals surface area contributed by atoms with Gasteiger partial charge in [0.05, 0.1) is 0 Å². The molecular weight excluding hydrogens is 422 g/mol. The Morgan fingerprint density at radius 1 is 1.38 bits per heavy atom. The van der Waals surface area contributed by atoms with Gasteiger partial charge >= 0.3 is 6.09 Å². The van der Waals surface area contributed by atoms with Gasteiger partial charge < -0.3 is 10.1 Å². The van der Waals surface area contributed by atoms with E-state index in [0.29, 0.717) is 4.47 Å². The molecule has 7 nitrogen and oxygen atoms in total. The van der Waals surface area contributed by atoms with Crippen LogP contribution in [0.15, 0.2) is 33.8 Å². The molecule has 0 unspecified atom stereocenters. The predicted octanol–water partition coefficient (Wildman–Crippen LogP) is 2.86.